The van der Waals surface area contributed by atoms with E-state index in [4.69, 9.17) is 34.8 Å². The lowest BCUT2D eigenvalue weighted by atomic mass is 10.1. The molecule has 172 valence electrons. The molecule has 1 heterocycles. The Balaban J connectivity index is 1.60. The SMILES string of the molecule is CCN(C(=O)c1cccc(NC2=C(Cl)C(=O)N(c3cccc(Cl)c3Cl)C2=O)c1)c1ccccc1. The lowest BCUT2D eigenvalue weighted by molar-refractivity contribution is -0.120. The van der Waals surface area contributed by atoms with Crippen LogP contribution in [0.2, 0.25) is 10.0 Å². The Morgan fingerprint density at radius 1 is 0.912 bits per heavy atom. The summed E-state index contributed by atoms with van der Waals surface area (Å²) in [6.07, 6.45) is 0. The quantitative estimate of drug-likeness (QED) is 0.404. The van der Waals surface area contributed by atoms with Gasteiger partial charge in [0.25, 0.3) is 17.7 Å². The number of rotatable bonds is 6. The summed E-state index contributed by atoms with van der Waals surface area (Å²) in [5.41, 5.74) is 1.60. The second-order valence-electron chi connectivity index (χ2n) is 7.30. The predicted octanol–water partition coefficient (Wildman–Crippen LogP) is 6.10. The smallest absolute Gasteiger partial charge is 0.283 e. The fourth-order valence-electron chi connectivity index (χ4n) is 3.58. The third-order valence-electron chi connectivity index (χ3n) is 5.21. The molecule has 0 spiro atoms. The lowest BCUT2D eigenvalue weighted by Gasteiger charge is -2.21. The van der Waals surface area contributed by atoms with Crippen LogP contribution in [0.4, 0.5) is 17.1 Å². The van der Waals surface area contributed by atoms with Crippen molar-refractivity contribution in [3.63, 3.8) is 0 Å². The van der Waals surface area contributed by atoms with Gasteiger partial charge in [0, 0.05) is 23.5 Å². The summed E-state index contributed by atoms with van der Waals surface area (Å²) < 4.78 is 0. The van der Waals surface area contributed by atoms with Crippen LogP contribution in [0.5, 0.6) is 0 Å². The van der Waals surface area contributed by atoms with Crippen LogP contribution in [0.1, 0.15) is 17.3 Å². The molecule has 3 aromatic rings. The molecule has 0 aliphatic carbocycles. The molecule has 0 saturated heterocycles. The fourth-order valence-corrected chi connectivity index (χ4v) is 4.17. The Bertz CT molecular complexity index is 1330. The fraction of sp³-hybridized carbons (Fsp3) is 0.0800. The third-order valence-corrected chi connectivity index (χ3v) is 6.37. The standard InChI is InChI=1S/C25H18Cl3N3O3/c1-2-30(17-10-4-3-5-11-17)23(32)15-8-6-9-16(14-15)29-22-21(28)24(33)31(25(22)34)19-13-7-12-18(26)20(19)27/h3-14,29H,2H2,1H3. The molecular formula is C25H18Cl3N3O3. The normalized spacial score (nSPS) is 13.5. The summed E-state index contributed by atoms with van der Waals surface area (Å²) in [6.45, 7) is 2.36. The summed E-state index contributed by atoms with van der Waals surface area (Å²) in [5, 5.41) is 2.85. The number of hydrogen-bond acceptors (Lipinski definition) is 4. The number of anilines is 3. The Hall–Kier alpha value is -3.32. The Labute approximate surface area is 211 Å². The summed E-state index contributed by atoms with van der Waals surface area (Å²) >= 11 is 18.5. The molecular weight excluding hydrogens is 497 g/mol. The zero-order chi connectivity index (χ0) is 24.4. The van der Waals surface area contributed by atoms with Crippen molar-refractivity contribution in [2.45, 2.75) is 6.92 Å². The lowest BCUT2D eigenvalue weighted by Crippen LogP contribution is -2.32. The van der Waals surface area contributed by atoms with E-state index in [-0.39, 0.29) is 32.4 Å². The molecule has 3 aromatic carbocycles. The molecule has 3 amide bonds. The number of para-hydroxylation sites is 1. The molecule has 0 saturated carbocycles. The van der Waals surface area contributed by atoms with Gasteiger partial charge in [-0.15, -0.1) is 0 Å². The molecule has 1 aliphatic rings. The minimum absolute atomic E-state index is 0.0600. The Kier molecular flexibility index (Phi) is 6.93. The van der Waals surface area contributed by atoms with Crippen molar-refractivity contribution in [1.29, 1.82) is 0 Å². The van der Waals surface area contributed by atoms with Crippen LogP contribution in [0.15, 0.2) is 83.5 Å². The Morgan fingerprint density at radius 2 is 1.62 bits per heavy atom. The second kappa shape index (κ2) is 9.89. The van der Waals surface area contributed by atoms with E-state index in [1.807, 2.05) is 37.3 Å². The molecule has 0 atom stereocenters. The molecule has 34 heavy (non-hydrogen) atoms. The molecule has 4 rings (SSSR count). The van der Waals surface area contributed by atoms with Gasteiger partial charge in [-0.1, -0.05) is 65.1 Å². The van der Waals surface area contributed by atoms with Gasteiger partial charge in [-0.05, 0) is 49.4 Å². The van der Waals surface area contributed by atoms with Crippen molar-refractivity contribution in [3.8, 4) is 0 Å². The topological polar surface area (TPSA) is 69.7 Å². The highest BCUT2D eigenvalue weighted by Gasteiger charge is 2.40. The van der Waals surface area contributed by atoms with E-state index in [1.54, 1.807) is 41.3 Å². The molecule has 0 fully saturated rings. The number of imide groups is 1. The minimum Gasteiger partial charge on any atom is -0.350 e. The van der Waals surface area contributed by atoms with Crippen molar-refractivity contribution in [2.75, 3.05) is 21.7 Å². The van der Waals surface area contributed by atoms with Crippen LogP contribution in [0, 0.1) is 0 Å². The Morgan fingerprint density at radius 3 is 2.32 bits per heavy atom. The number of halogens is 3. The third kappa shape index (κ3) is 4.40. The molecule has 0 radical (unpaired) electrons. The number of benzene rings is 3. The zero-order valence-electron chi connectivity index (χ0n) is 17.9. The molecule has 9 heteroatoms. The maximum Gasteiger partial charge on any atom is 0.283 e. The van der Waals surface area contributed by atoms with Crippen LogP contribution in [-0.4, -0.2) is 24.3 Å². The first-order valence-electron chi connectivity index (χ1n) is 10.3. The van der Waals surface area contributed by atoms with Gasteiger partial charge in [-0.2, -0.15) is 0 Å². The van der Waals surface area contributed by atoms with Crippen molar-refractivity contribution < 1.29 is 14.4 Å². The average molecular weight is 515 g/mol. The predicted molar refractivity (Wildman–Crippen MR) is 136 cm³/mol. The van der Waals surface area contributed by atoms with E-state index < -0.39 is 11.8 Å². The van der Waals surface area contributed by atoms with Crippen LogP contribution in [0.25, 0.3) is 0 Å². The summed E-state index contributed by atoms with van der Waals surface area (Å²) in [5.74, 6) is -1.62. The van der Waals surface area contributed by atoms with E-state index in [0.29, 0.717) is 17.8 Å². The van der Waals surface area contributed by atoms with Gasteiger partial charge in [0.2, 0.25) is 0 Å². The summed E-state index contributed by atoms with van der Waals surface area (Å²) in [4.78, 5) is 41.5. The first-order valence-corrected chi connectivity index (χ1v) is 11.4. The van der Waals surface area contributed by atoms with Crippen LogP contribution in [0.3, 0.4) is 0 Å². The number of carbonyl (C=O) groups excluding carboxylic acids is 3. The van der Waals surface area contributed by atoms with Gasteiger partial charge < -0.3 is 10.2 Å². The average Bonchev–Trinajstić information content (AvgIpc) is 3.05. The monoisotopic (exact) mass is 513 g/mol. The van der Waals surface area contributed by atoms with Gasteiger partial charge in [0.15, 0.2) is 0 Å². The van der Waals surface area contributed by atoms with Crippen molar-refractivity contribution in [3.05, 3.63) is 99.1 Å². The number of nitrogens with one attached hydrogen (secondary N) is 1. The number of amides is 3. The second-order valence-corrected chi connectivity index (χ2v) is 8.46. The van der Waals surface area contributed by atoms with Crippen molar-refractivity contribution >= 4 is 69.6 Å². The molecule has 1 aliphatic heterocycles. The minimum atomic E-state index is -0.730. The molecule has 0 aromatic heterocycles. The summed E-state index contributed by atoms with van der Waals surface area (Å²) in [7, 11) is 0. The number of hydrogen-bond donors (Lipinski definition) is 1. The van der Waals surface area contributed by atoms with Crippen LogP contribution >= 0.6 is 34.8 Å². The number of carbonyl (C=O) groups is 3. The van der Waals surface area contributed by atoms with Gasteiger partial charge in [-0.25, -0.2) is 4.90 Å². The highest BCUT2D eigenvalue weighted by atomic mass is 35.5. The molecule has 1 N–H and O–H groups in total. The first kappa shape index (κ1) is 23.8. The molecule has 6 nitrogen and oxygen atoms in total. The van der Waals surface area contributed by atoms with Gasteiger partial charge in [0.1, 0.15) is 10.7 Å². The van der Waals surface area contributed by atoms with E-state index in [9.17, 15) is 14.4 Å². The van der Waals surface area contributed by atoms with E-state index in [0.717, 1.165) is 10.6 Å². The highest BCUT2D eigenvalue weighted by molar-refractivity contribution is 6.54. The number of nitrogens with zero attached hydrogens (tertiary/aromatic N) is 2. The molecule has 0 unspecified atom stereocenters. The van der Waals surface area contributed by atoms with Crippen molar-refractivity contribution in [1.82, 2.24) is 0 Å². The van der Waals surface area contributed by atoms with Crippen LogP contribution < -0.4 is 15.1 Å². The van der Waals surface area contributed by atoms with E-state index in [2.05, 4.69) is 5.32 Å². The summed E-state index contributed by atoms with van der Waals surface area (Å²) in [6, 6.07) is 20.5. The van der Waals surface area contributed by atoms with Gasteiger partial charge >= 0.3 is 0 Å². The van der Waals surface area contributed by atoms with Crippen LogP contribution in [-0.2, 0) is 9.59 Å². The largest absolute Gasteiger partial charge is 0.350 e. The zero-order valence-corrected chi connectivity index (χ0v) is 20.2. The van der Waals surface area contributed by atoms with E-state index in [1.165, 1.54) is 6.07 Å². The highest BCUT2D eigenvalue weighted by Crippen LogP contribution is 2.37. The molecule has 0 bridgehead atoms. The van der Waals surface area contributed by atoms with Gasteiger partial charge in [-0.3, -0.25) is 14.4 Å². The maximum absolute atomic E-state index is 13.2. The van der Waals surface area contributed by atoms with Crippen molar-refractivity contribution in [2.24, 2.45) is 0 Å². The van der Waals surface area contributed by atoms with Gasteiger partial charge in [0.05, 0.1) is 15.7 Å². The maximum atomic E-state index is 13.2. The van der Waals surface area contributed by atoms with E-state index >= 15 is 0 Å². The first-order chi connectivity index (χ1) is 16.3.